The topological polar surface area (TPSA) is 80.0 Å². The minimum atomic E-state index is 0.290. The van der Waals surface area contributed by atoms with Gasteiger partial charge in [0, 0.05) is 24.9 Å². The molecule has 112 valence electrons. The van der Waals surface area contributed by atoms with Crippen molar-refractivity contribution in [3.05, 3.63) is 0 Å². The van der Waals surface area contributed by atoms with Crippen LogP contribution < -0.4 is 16.0 Å². The van der Waals surface area contributed by atoms with E-state index in [0.717, 1.165) is 24.6 Å². The van der Waals surface area contributed by atoms with Gasteiger partial charge in [-0.25, -0.2) is 0 Å². The van der Waals surface area contributed by atoms with Gasteiger partial charge in [0.25, 0.3) is 0 Å². The maximum Gasteiger partial charge on any atom is 0.231 e. The average Bonchev–Trinajstić information content (AvgIpc) is 2.45. The molecule has 1 saturated heterocycles. The maximum absolute atomic E-state index is 5.81. The third-order valence-corrected chi connectivity index (χ3v) is 4.37. The Morgan fingerprint density at radius 3 is 2.70 bits per heavy atom. The summed E-state index contributed by atoms with van der Waals surface area (Å²) in [5, 5.41) is 3.31. The van der Waals surface area contributed by atoms with Crippen molar-refractivity contribution in [1.82, 2.24) is 15.0 Å². The number of hydrogen-bond acceptors (Lipinski definition) is 7. The fourth-order valence-corrected chi connectivity index (χ4v) is 2.91. The molecule has 1 aromatic heterocycles. The van der Waals surface area contributed by atoms with Crippen molar-refractivity contribution in [2.24, 2.45) is 0 Å². The van der Waals surface area contributed by atoms with Crippen LogP contribution in [-0.4, -0.2) is 45.6 Å². The van der Waals surface area contributed by atoms with Crippen molar-refractivity contribution >= 4 is 29.6 Å². The second-order valence-corrected chi connectivity index (χ2v) is 6.39. The first-order valence-electron chi connectivity index (χ1n) is 7.30. The Hall–Kier alpha value is -1.24. The van der Waals surface area contributed by atoms with Crippen LogP contribution in [-0.2, 0) is 0 Å². The number of rotatable bonds is 6. The van der Waals surface area contributed by atoms with Gasteiger partial charge in [-0.15, -0.1) is 0 Å². The molecule has 0 bridgehead atoms. The van der Waals surface area contributed by atoms with E-state index >= 15 is 0 Å². The van der Waals surface area contributed by atoms with E-state index in [4.69, 9.17) is 5.73 Å². The van der Waals surface area contributed by atoms with Crippen LogP contribution in [0.2, 0.25) is 0 Å². The Balaban J connectivity index is 2.03. The Bertz CT molecular complexity index is 421. The zero-order chi connectivity index (χ0) is 14.4. The number of nitrogen functional groups attached to an aromatic ring is 1. The first-order chi connectivity index (χ1) is 9.69. The number of piperidine rings is 1. The van der Waals surface area contributed by atoms with Gasteiger partial charge in [-0.3, -0.25) is 0 Å². The van der Waals surface area contributed by atoms with Crippen molar-refractivity contribution in [3.8, 4) is 0 Å². The van der Waals surface area contributed by atoms with E-state index in [1.165, 1.54) is 19.3 Å². The van der Waals surface area contributed by atoms with Gasteiger partial charge >= 0.3 is 0 Å². The molecule has 6 nitrogen and oxygen atoms in total. The molecule has 0 aliphatic carbocycles. The lowest BCUT2D eigenvalue weighted by atomic mass is 10.1. The number of aromatic nitrogens is 3. The van der Waals surface area contributed by atoms with Crippen molar-refractivity contribution < 1.29 is 0 Å². The predicted molar refractivity (Wildman–Crippen MR) is 86.4 cm³/mol. The lowest BCUT2D eigenvalue weighted by Gasteiger charge is -2.27. The van der Waals surface area contributed by atoms with Gasteiger partial charge in [-0.2, -0.15) is 26.7 Å². The van der Waals surface area contributed by atoms with E-state index in [9.17, 15) is 0 Å². The van der Waals surface area contributed by atoms with E-state index < -0.39 is 0 Å². The summed E-state index contributed by atoms with van der Waals surface area (Å²) in [5.41, 5.74) is 5.81. The fraction of sp³-hybridized carbons (Fsp3) is 0.769. The lowest BCUT2D eigenvalue weighted by Crippen LogP contribution is -2.32. The summed E-state index contributed by atoms with van der Waals surface area (Å²) in [6.45, 7) is 6.30. The highest BCUT2D eigenvalue weighted by molar-refractivity contribution is 7.99. The summed E-state index contributed by atoms with van der Waals surface area (Å²) in [6.07, 6.45) is 3.67. The van der Waals surface area contributed by atoms with E-state index in [1.54, 1.807) is 0 Å². The van der Waals surface area contributed by atoms with Crippen LogP contribution in [0.25, 0.3) is 0 Å². The second-order valence-electron chi connectivity index (χ2n) is 5.07. The third kappa shape index (κ3) is 4.40. The first kappa shape index (κ1) is 15.2. The smallest absolute Gasteiger partial charge is 0.231 e. The van der Waals surface area contributed by atoms with Crippen molar-refractivity contribution in [3.63, 3.8) is 0 Å². The molecule has 1 aromatic rings. The molecule has 2 rings (SSSR count). The Morgan fingerprint density at radius 2 is 2.00 bits per heavy atom. The number of hydrogen-bond donors (Lipinski definition) is 2. The largest absolute Gasteiger partial charge is 0.368 e. The summed E-state index contributed by atoms with van der Waals surface area (Å²) in [4.78, 5) is 15.1. The molecule has 3 N–H and O–H groups in total. The summed E-state index contributed by atoms with van der Waals surface area (Å²) in [5.74, 6) is 3.72. The highest BCUT2D eigenvalue weighted by atomic mass is 32.2. The van der Waals surface area contributed by atoms with Crippen LogP contribution in [0.5, 0.6) is 0 Å². The van der Waals surface area contributed by atoms with Crippen molar-refractivity contribution in [2.75, 3.05) is 40.5 Å². The van der Waals surface area contributed by atoms with E-state index in [2.05, 4.69) is 39.0 Å². The minimum Gasteiger partial charge on any atom is -0.368 e. The quantitative estimate of drug-likeness (QED) is 0.831. The van der Waals surface area contributed by atoms with E-state index in [-0.39, 0.29) is 0 Å². The van der Waals surface area contributed by atoms with Crippen LogP contribution >= 0.6 is 11.8 Å². The van der Waals surface area contributed by atoms with Gasteiger partial charge in [0.15, 0.2) is 0 Å². The van der Waals surface area contributed by atoms with Gasteiger partial charge in [-0.05, 0) is 31.9 Å². The first-order valence-corrected chi connectivity index (χ1v) is 8.45. The van der Waals surface area contributed by atoms with Crippen LogP contribution in [0, 0.1) is 0 Å². The molecule has 1 aliphatic rings. The summed E-state index contributed by atoms with van der Waals surface area (Å²) in [6, 6.07) is 0.316. The van der Waals surface area contributed by atoms with Gasteiger partial charge in [-0.1, -0.05) is 6.92 Å². The van der Waals surface area contributed by atoms with Crippen molar-refractivity contribution in [2.45, 2.75) is 39.2 Å². The molecule has 2 heterocycles. The van der Waals surface area contributed by atoms with Crippen LogP contribution in [0.4, 0.5) is 17.8 Å². The van der Waals surface area contributed by atoms with Gasteiger partial charge < -0.3 is 16.0 Å². The number of thioether (sulfide) groups is 1. The van der Waals surface area contributed by atoms with E-state index in [0.29, 0.717) is 23.9 Å². The van der Waals surface area contributed by atoms with Gasteiger partial charge in [0.1, 0.15) is 0 Å². The van der Waals surface area contributed by atoms with Gasteiger partial charge in [0.05, 0.1) is 0 Å². The minimum absolute atomic E-state index is 0.290. The number of nitrogens with zero attached hydrogens (tertiary/aromatic N) is 4. The Morgan fingerprint density at radius 1 is 1.25 bits per heavy atom. The second kappa shape index (κ2) is 7.52. The highest BCUT2D eigenvalue weighted by Crippen LogP contribution is 2.18. The molecule has 0 aromatic carbocycles. The molecule has 0 radical (unpaired) electrons. The molecule has 1 unspecified atom stereocenters. The molecule has 1 aliphatic heterocycles. The molecular weight excluding hydrogens is 272 g/mol. The third-order valence-electron chi connectivity index (χ3n) is 3.23. The van der Waals surface area contributed by atoms with Crippen LogP contribution in [0.15, 0.2) is 0 Å². The summed E-state index contributed by atoms with van der Waals surface area (Å²) >= 11 is 1.90. The number of nitrogens with one attached hydrogen (secondary N) is 1. The molecule has 0 saturated carbocycles. The average molecular weight is 296 g/mol. The molecule has 0 spiro atoms. The number of nitrogens with two attached hydrogens (primary N) is 1. The molecule has 0 amide bonds. The SMILES string of the molecule is CCSCC(C)Nc1nc(N)nc(N2CCCCC2)n1. The Kier molecular flexibility index (Phi) is 5.70. The van der Waals surface area contributed by atoms with E-state index in [1.807, 2.05) is 11.8 Å². The highest BCUT2D eigenvalue weighted by Gasteiger charge is 2.16. The summed E-state index contributed by atoms with van der Waals surface area (Å²) < 4.78 is 0. The number of anilines is 3. The fourth-order valence-electron chi connectivity index (χ4n) is 2.24. The van der Waals surface area contributed by atoms with Gasteiger partial charge in [0.2, 0.25) is 17.8 Å². The molecule has 1 fully saturated rings. The molecule has 20 heavy (non-hydrogen) atoms. The summed E-state index contributed by atoms with van der Waals surface area (Å²) in [7, 11) is 0. The predicted octanol–water partition coefficient (Wildman–Crippen LogP) is 2.00. The molecule has 7 heteroatoms. The van der Waals surface area contributed by atoms with Crippen LogP contribution in [0.3, 0.4) is 0 Å². The molecule has 1 atom stereocenters. The maximum atomic E-state index is 5.81. The zero-order valence-electron chi connectivity index (χ0n) is 12.3. The monoisotopic (exact) mass is 296 g/mol. The Labute approximate surface area is 125 Å². The van der Waals surface area contributed by atoms with Crippen LogP contribution in [0.1, 0.15) is 33.1 Å². The zero-order valence-corrected chi connectivity index (χ0v) is 13.1. The lowest BCUT2D eigenvalue weighted by molar-refractivity contribution is 0.568. The normalized spacial score (nSPS) is 17.0. The van der Waals surface area contributed by atoms with Crippen molar-refractivity contribution in [1.29, 1.82) is 0 Å². The standard InChI is InChI=1S/C13H24N6S/c1-3-20-9-10(2)15-12-16-11(14)17-13(18-12)19-7-5-4-6-8-19/h10H,3-9H2,1-2H3,(H3,14,15,16,17,18). The molecular formula is C13H24N6S.